The molecular weight excluding hydrogens is 408 g/mol. The summed E-state index contributed by atoms with van der Waals surface area (Å²) in [5.74, 6) is 0.284. The molecule has 3 amide bonds. The fraction of sp³-hybridized carbons (Fsp3) is 0.625. The minimum absolute atomic E-state index is 0.00274. The van der Waals surface area contributed by atoms with Gasteiger partial charge in [0.1, 0.15) is 11.8 Å². The van der Waals surface area contributed by atoms with Crippen LogP contribution in [0.1, 0.15) is 56.8 Å². The molecule has 0 radical (unpaired) electrons. The highest BCUT2D eigenvalue weighted by Gasteiger charge is 2.44. The third-order valence-corrected chi connectivity index (χ3v) is 7.26. The summed E-state index contributed by atoms with van der Waals surface area (Å²) in [4.78, 5) is 44.7. The molecule has 3 atom stereocenters. The van der Waals surface area contributed by atoms with Crippen molar-refractivity contribution in [2.45, 2.75) is 64.3 Å². The van der Waals surface area contributed by atoms with Crippen LogP contribution in [0.4, 0.5) is 0 Å². The van der Waals surface area contributed by atoms with Crippen LogP contribution < -0.4 is 10.1 Å². The summed E-state index contributed by atoms with van der Waals surface area (Å²) in [5, 5.41) is 2.98. The van der Waals surface area contributed by atoms with Gasteiger partial charge in [0.2, 0.25) is 11.8 Å². The Labute approximate surface area is 189 Å². The highest BCUT2D eigenvalue weighted by Crippen LogP contribution is 2.34. The standard InChI is InChI=1S/C24H34N4O4/c1-4-17(2)26-13-15-27(16-14-26)23(31)18(3)28-12-11-24(10-9-21(28)29)25-22(30)19-7-5-6-8-20(19)32-24/h5-8,17-18H,4,9-16H2,1-3H3,(H,25,30). The van der Waals surface area contributed by atoms with Crippen LogP contribution >= 0.6 is 0 Å². The normalized spacial score (nSPS) is 26.1. The number of likely N-dealkylation sites (tertiary alicyclic amines) is 1. The first-order valence-electron chi connectivity index (χ1n) is 11.8. The first-order valence-corrected chi connectivity index (χ1v) is 11.8. The second-order valence-corrected chi connectivity index (χ2v) is 9.18. The molecule has 2 saturated heterocycles. The zero-order chi connectivity index (χ0) is 22.9. The van der Waals surface area contributed by atoms with E-state index in [2.05, 4.69) is 24.1 Å². The smallest absolute Gasteiger partial charge is 0.258 e. The number of nitrogens with one attached hydrogen (secondary N) is 1. The van der Waals surface area contributed by atoms with Gasteiger partial charge >= 0.3 is 0 Å². The first-order chi connectivity index (χ1) is 15.3. The van der Waals surface area contributed by atoms with Crippen LogP contribution in [0, 0.1) is 0 Å². The van der Waals surface area contributed by atoms with Gasteiger partial charge in [-0.05, 0) is 32.4 Å². The second kappa shape index (κ2) is 9.10. The minimum Gasteiger partial charge on any atom is -0.467 e. The van der Waals surface area contributed by atoms with Gasteiger partial charge in [-0.2, -0.15) is 0 Å². The Morgan fingerprint density at radius 1 is 1.09 bits per heavy atom. The molecule has 8 heteroatoms. The largest absolute Gasteiger partial charge is 0.467 e. The van der Waals surface area contributed by atoms with Crippen LogP contribution in [0.3, 0.4) is 0 Å². The number of rotatable bonds is 4. The molecule has 0 aromatic heterocycles. The number of benzene rings is 1. The summed E-state index contributed by atoms with van der Waals surface area (Å²) in [6.07, 6.45) is 2.15. The molecule has 0 bridgehead atoms. The number of carbonyl (C=O) groups is 3. The number of para-hydroxylation sites is 1. The first kappa shape index (κ1) is 22.6. The second-order valence-electron chi connectivity index (χ2n) is 9.18. The number of nitrogens with zero attached hydrogens (tertiary/aromatic N) is 3. The van der Waals surface area contributed by atoms with Crippen LogP contribution in [0.5, 0.6) is 5.75 Å². The Morgan fingerprint density at radius 2 is 1.81 bits per heavy atom. The summed E-state index contributed by atoms with van der Waals surface area (Å²) in [5.41, 5.74) is -0.411. The van der Waals surface area contributed by atoms with Crippen LogP contribution in [-0.2, 0) is 9.59 Å². The number of piperazine rings is 1. The number of hydrogen-bond acceptors (Lipinski definition) is 5. The molecule has 3 aliphatic rings. The SMILES string of the molecule is CCC(C)N1CCN(C(=O)C(C)N2CCC3(CCC2=O)NC(=O)c2ccccc2O3)CC1. The van der Waals surface area contributed by atoms with E-state index < -0.39 is 11.8 Å². The van der Waals surface area contributed by atoms with E-state index in [1.165, 1.54) is 0 Å². The van der Waals surface area contributed by atoms with Crippen LogP contribution in [-0.4, -0.2) is 83.0 Å². The molecule has 0 aliphatic carbocycles. The fourth-order valence-electron chi connectivity index (χ4n) is 4.93. The summed E-state index contributed by atoms with van der Waals surface area (Å²) in [7, 11) is 0. The molecule has 1 aromatic carbocycles. The summed E-state index contributed by atoms with van der Waals surface area (Å²) in [6.45, 7) is 9.68. The molecule has 174 valence electrons. The third kappa shape index (κ3) is 4.33. The van der Waals surface area contributed by atoms with Crippen molar-refractivity contribution in [3.8, 4) is 5.75 Å². The van der Waals surface area contributed by atoms with Gasteiger partial charge in [0.05, 0.1) is 5.56 Å². The Morgan fingerprint density at radius 3 is 2.53 bits per heavy atom. The average Bonchev–Trinajstić information content (AvgIpc) is 2.96. The topological polar surface area (TPSA) is 82.2 Å². The zero-order valence-electron chi connectivity index (χ0n) is 19.3. The number of carbonyl (C=O) groups excluding carboxylic acids is 3. The Kier molecular flexibility index (Phi) is 6.42. The highest BCUT2D eigenvalue weighted by atomic mass is 16.5. The Balaban J connectivity index is 1.41. The van der Waals surface area contributed by atoms with Crippen molar-refractivity contribution >= 4 is 17.7 Å². The summed E-state index contributed by atoms with van der Waals surface area (Å²) in [6, 6.07) is 7.14. The van der Waals surface area contributed by atoms with Crippen molar-refractivity contribution in [3.05, 3.63) is 29.8 Å². The molecule has 3 aliphatic heterocycles. The van der Waals surface area contributed by atoms with Gasteiger partial charge in [0, 0.05) is 58.0 Å². The van der Waals surface area contributed by atoms with Gasteiger partial charge in [-0.25, -0.2) is 0 Å². The number of hydrogen-bond donors (Lipinski definition) is 1. The summed E-state index contributed by atoms with van der Waals surface area (Å²) < 4.78 is 6.20. The van der Waals surface area contributed by atoms with E-state index in [1.54, 1.807) is 23.1 Å². The maximum absolute atomic E-state index is 13.2. The third-order valence-electron chi connectivity index (χ3n) is 7.26. The average molecular weight is 443 g/mol. The lowest BCUT2D eigenvalue weighted by molar-refractivity contribution is -0.146. The number of fused-ring (bicyclic) bond motifs is 1. The molecule has 32 heavy (non-hydrogen) atoms. The zero-order valence-corrected chi connectivity index (χ0v) is 19.3. The molecule has 8 nitrogen and oxygen atoms in total. The Bertz CT molecular complexity index is 883. The van der Waals surface area contributed by atoms with Crippen molar-refractivity contribution in [2.75, 3.05) is 32.7 Å². The van der Waals surface area contributed by atoms with E-state index in [1.807, 2.05) is 17.9 Å². The minimum atomic E-state index is -0.916. The molecule has 3 unspecified atom stereocenters. The molecule has 3 heterocycles. The van der Waals surface area contributed by atoms with Crippen molar-refractivity contribution in [3.63, 3.8) is 0 Å². The lowest BCUT2D eigenvalue weighted by atomic mass is 10.0. The maximum Gasteiger partial charge on any atom is 0.258 e. The van der Waals surface area contributed by atoms with E-state index >= 15 is 0 Å². The van der Waals surface area contributed by atoms with E-state index in [-0.39, 0.29) is 24.1 Å². The van der Waals surface area contributed by atoms with E-state index in [4.69, 9.17) is 4.74 Å². The predicted molar refractivity (Wildman–Crippen MR) is 120 cm³/mol. The lowest BCUT2D eigenvalue weighted by Crippen LogP contribution is -2.57. The van der Waals surface area contributed by atoms with Gasteiger partial charge in [-0.1, -0.05) is 19.1 Å². The van der Waals surface area contributed by atoms with Gasteiger partial charge < -0.3 is 19.9 Å². The van der Waals surface area contributed by atoms with E-state index in [0.29, 0.717) is 49.8 Å². The van der Waals surface area contributed by atoms with Gasteiger partial charge in [-0.15, -0.1) is 0 Å². The van der Waals surface area contributed by atoms with Crippen molar-refractivity contribution < 1.29 is 19.1 Å². The van der Waals surface area contributed by atoms with Crippen LogP contribution in [0.25, 0.3) is 0 Å². The van der Waals surface area contributed by atoms with Gasteiger partial charge in [0.25, 0.3) is 5.91 Å². The summed E-state index contributed by atoms with van der Waals surface area (Å²) >= 11 is 0. The Hall–Kier alpha value is -2.61. The van der Waals surface area contributed by atoms with Crippen molar-refractivity contribution in [2.24, 2.45) is 0 Å². The van der Waals surface area contributed by atoms with Crippen LogP contribution in [0.2, 0.25) is 0 Å². The van der Waals surface area contributed by atoms with Crippen LogP contribution in [0.15, 0.2) is 24.3 Å². The molecule has 4 rings (SSSR count). The number of amides is 3. The highest BCUT2D eigenvalue weighted by molar-refractivity contribution is 5.98. The molecule has 0 saturated carbocycles. The van der Waals surface area contributed by atoms with Crippen molar-refractivity contribution in [1.29, 1.82) is 0 Å². The predicted octanol–water partition coefficient (Wildman–Crippen LogP) is 1.85. The monoisotopic (exact) mass is 442 g/mol. The van der Waals surface area contributed by atoms with Gasteiger partial charge in [-0.3, -0.25) is 19.3 Å². The molecule has 1 spiro atoms. The lowest BCUT2D eigenvalue weighted by Gasteiger charge is -2.40. The maximum atomic E-state index is 13.2. The molecular formula is C24H34N4O4. The molecule has 1 aromatic rings. The van der Waals surface area contributed by atoms with Crippen molar-refractivity contribution in [1.82, 2.24) is 20.0 Å². The van der Waals surface area contributed by atoms with E-state index in [9.17, 15) is 14.4 Å². The number of ether oxygens (including phenoxy) is 1. The molecule has 2 fully saturated rings. The molecule has 1 N–H and O–H groups in total. The van der Waals surface area contributed by atoms with Gasteiger partial charge in [0.15, 0.2) is 5.72 Å². The quantitative estimate of drug-likeness (QED) is 0.770. The fourth-order valence-corrected chi connectivity index (χ4v) is 4.93. The van der Waals surface area contributed by atoms with E-state index in [0.717, 1.165) is 19.5 Å².